The molecule has 19 heavy (non-hydrogen) atoms. The Labute approximate surface area is 113 Å². The van der Waals surface area contributed by atoms with Crippen LogP contribution < -0.4 is 10.5 Å². The third kappa shape index (κ3) is 2.98. The lowest BCUT2D eigenvalue weighted by molar-refractivity contribution is 0.0906. The van der Waals surface area contributed by atoms with Gasteiger partial charge in [0, 0.05) is 18.3 Å². The molecule has 2 rings (SSSR count). The summed E-state index contributed by atoms with van der Waals surface area (Å²) in [7, 11) is -3.79. The van der Waals surface area contributed by atoms with Crippen LogP contribution in [0.4, 0.5) is 0 Å². The van der Waals surface area contributed by atoms with Crippen LogP contribution in [-0.2, 0) is 10.0 Å². The van der Waals surface area contributed by atoms with Crippen LogP contribution in [0.3, 0.4) is 0 Å². The first-order chi connectivity index (χ1) is 8.79. The van der Waals surface area contributed by atoms with Crippen LogP contribution in [0.15, 0.2) is 17.2 Å². The van der Waals surface area contributed by atoms with Crippen molar-refractivity contribution >= 4 is 15.9 Å². The molecule has 0 atom stereocenters. The number of nitrogens with two attached hydrogens (primary N) is 1. The molecule has 1 saturated carbocycles. The topological polar surface area (TPSA) is 94.2 Å². The largest absolute Gasteiger partial charge is 0.348 e. The van der Waals surface area contributed by atoms with Crippen molar-refractivity contribution in [2.24, 2.45) is 5.14 Å². The van der Waals surface area contributed by atoms with E-state index >= 15 is 0 Å². The SMILES string of the molecule is CC(C)n1cc(S(N)(=O)=O)cc1C(=O)NC1CCC1. The van der Waals surface area contributed by atoms with Gasteiger partial charge in [0.15, 0.2) is 0 Å². The number of rotatable bonds is 4. The second-order valence-electron chi connectivity index (χ2n) is 5.21. The maximum Gasteiger partial charge on any atom is 0.268 e. The standard InChI is InChI=1S/C12H19N3O3S/c1-8(2)15-7-10(19(13,17)18)6-11(15)12(16)14-9-4-3-5-9/h6-9H,3-5H2,1-2H3,(H,14,16)(H2,13,17,18). The Balaban J connectivity index is 2.31. The Morgan fingerprint density at radius 1 is 1.47 bits per heavy atom. The van der Waals surface area contributed by atoms with E-state index in [0.29, 0.717) is 5.69 Å². The highest BCUT2D eigenvalue weighted by Gasteiger charge is 2.24. The molecular weight excluding hydrogens is 266 g/mol. The lowest BCUT2D eigenvalue weighted by Gasteiger charge is -2.26. The summed E-state index contributed by atoms with van der Waals surface area (Å²) in [5, 5.41) is 8.00. The van der Waals surface area contributed by atoms with E-state index in [1.54, 1.807) is 4.57 Å². The van der Waals surface area contributed by atoms with Crippen molar-refractivity contribution in [2.45, 2.75) is 50.1 Å². The number of aromatic nitrogens is 1. The van der Waals surface area contributed by atoms with Crippen LogP contribution in [0.1, 0.15) is 49.6 Å². The van der Waals surface area contributed by atoms with Gasteiger partial charge in [0.2, 0.25) is 10.0 Å². The minimum atomic E-state index is -3.79. The van der Waals surface area contributed by atoms with E-state index in [9.17, 15) is 13.2 Å². The molecule has 0 saturated heterocycles. The molecular formula is C12H19N3O3S. The molecule has 106 valence electrons. The smallest absolute Gasteiger partial charge is 0.268 e. The van der Waals surface area contributed by atoms with E-state index in [4.69, 9.17) is 5.14 Å². The van der Waals surface area contributed by atoms with Crippen molar-refractivity contribution in [3.63, 3.8) is 0 Å². The van der Waals surface area contributed by atoms with Gasteiger partial charge in [-0.05, 0) is 39.2 Å². The van der Waals surface area contributed by atoms with Crippen LogP contribution in [0.5, 0.6) is 0 Å². The summed E-state index contributed by atoms with van der Waals surface area (Å²) >= 11 is 0. The number of nitrogens with zero attached hydrogens (tertiary/aromatic N) is 1. The maximum absolute atomic E-state index is 12.1. The summed E-state index contributed by atoms with van der Waals surface area (Å²) in [6.07, 6.45) is 4.50. The summed E-state index contributed by atoms with van der Waals surface area (Å²) < 4.78 is 24.4. The van der Waals surface area contributed by atoms with Gasteiger partial charge in [-0.25, -0.2) is 13.6 Å². The monoisotopic (exact) mass is 285 g/mol. The fraction of sp³-hybridized carbons (Fsp3) is 0.583. The summed E-state index contributed by atoms with van der Waals surface area (Å²) in [5.74, 6) is -0.242. The third-order valence-corrected chi connectivity index (χ3v) is 4.26. The Hall–Kier alpha value is -1.34. The van der Waals surface area contributed by atoms with Gasteiger partial charge in [-0.15, -0.1) is 0 Å². The van der Waals surface area contributed by atoms with Gasteiger partial charge >= 0.3 is 0 Å². The van der Waals surface area contributed by atoms with Crippen LogP contribution in [0.25, 0.3) is 0 Å². The Morgan fingerprint density at radius 2 is 2.11 bits per heavy atom. The Bertz CT molecular complexity index is 585. The minimum absolute atomic E-state index is 0.0161. The molecule has 7 heteroatoms. The average molecular weight is 285 g/mol. The fourth-order valence-electron chi connectivity index (χ4n) is 2.03. The Kier molecular flexibility index (Phi) is 3.69. The normalized spacial score (nSPS) is 16.4. The maximum atomic E-state index is 12.1. The van der Waals surface area contributed by atoms with E-state index in [1.165, 1.54) is 12.3 Å². The molecule has 1 aromatic rings. The van der Waals surface area contributed by atoms with Gasteiger partial charge < -0.3 is 9.88 Å². The molecule has 0 unspecified atom stereocenters. The summed E-state index contributed by atoms with van der Waals surface area (Å²) in [6.45, 7) is 3.76. The number of sulfonamides is 1. The molecule has 0 aliphatic heterocycles. The zero-order valence-corrected chi connectivity index (χ0v) is 11.9. The van der Waals surface area contributed by atoms with E-state index in [-0.39, 0.29) is 22.9 Å². The van der Waals surface area contributed by atoms with E-state index in [2.05, 4.69) is 5.32 Å². The van der Waals surface area contributed by atoms with Crippen molar-refractivity contribution in [3.05, 3.63) is 18.0 Å². The molecule has 0 bridgehead atoms. The lowest BCUT2D eigenvalue weighted by Crippen LogP contribution is -2.40. The number of amides is 1. The summed E-state index contributed by atoms with van der Waals surface area (Å²) in [5.41, 5.74) is 0.339. The molecule has 1 aromatic heterocycles. The van der Waals surface area contributed by atoms with Gasteiger partial charge in [0.1, 0.15) is 10.6 Å². The van der Waals surface area contributed by atoms with E-state index in [1.807, 2.05) is 13.8 Å². The van der Waals surface area contributed by atoms with E-state index in [0.717, 1.165) is 19.3 Å². The van der Waals surface area contributed by atoms with Gasteiger partial charge in [-0.3, -0.25) is 4.79 Å². The zero-order chi connectivity index (χ0) is 14.2. The van der Waals surface area contributed by atoms with Crippen LogP contribution in [0.2, 0.25) is 0 Å². The van der Waals surface area contributed by atoms with Crippen molar-refractivity contribution in [1.82, 2.24) is 9.88 Å². The first-order valence-corrected chi connectivity index (χ1v) is 7.89. The average Bonchev–Trinajstić information content (AvgIpc) is 2.67. The molecule has 6 nitrogen and oxygen atoms in total. The molecule has 0 aromatic carbocycles. The second kappa shape index (κ2) is 4.97. The second-order valence-corrected chi connectivity index (χ2v) is 6.77. The van der Waals surface area contributed by atoms with Crippen molar-refractivity contribution in [3.8, 4) is 0 Å². The van der Waals surface area contributed by atoms with Crippen LogP contribution in [0, 0.1) is 0 Å². The molecule has 1 fully saturated rings. The summed E-state index contributed by atoms with van der Waals surface area (Å²) in [4.78, 5) is 12.1. The highest BCUT2D eigenvalue weighted by atomic mass is 32.2. The predicted molar refractivity (Wildman–Crippen MR) is 71.3 cm³/mol. The fourth-order valence-corrected chi connectivity index (χ4v) is 2.57. The third-order valence-electron chi connectivity index (χ3n) is 3.38. The molecule has 1 aliphatic carbocycles. The minimum Gasteiger partial charge on any atom is -0.348 e. The van der Waals surface area contributed by atoms with Crippen LogP contribution >= 0.6 is 0 Å². The number of nitrogens with one attached hydrogen (secondary N) is 1. The first-order valence-electron chi connectivity index (χ1n) is 6.34. The number of carbonyl (C=O) groups is 1. The predicted octanol–water partition coefficient (Wildman–Crippen LogP) is 0.999. The van der Waals surface area contributed by atoms with Crippen molar-refractivity contribution in [2.75, 3.05) is 0 Å². The molecule has 0 spiro atoms. The highest BCUT2D eigenvalue weighted by molar-refractivity contribution is 7.89. The van der Waals surface area contributed by atoms with Gasteiger partial charge in [-0.2, -0.15) is 0 Å². The van der Waals surface area contributed by atoms with Gasteiger partial charge in [0.25, 0.3) is 5.91 Å². The molecule has 1 amide bonds. The quantitative estimate of drug-likeness (QED) is 0.864. The zero-order valence-electron chi connectivity index (χ0n) is 11.1. The lowest BCUT2D eigenvalue weighted by atomic mass is 9.93. The number of hydrogen-bond donors (Lipinski definition) is 2. The first kappa shape index (κ1) is 14.1. The molecule has 1 heterocycles. The number of hydrogen-bond acceptors (Lipinski definition) is 3. The Morgan fingerprint density at radius 3 is 2.53 bits per heavy atom. The van der Waals surface area contributed by atoms with Crippen molar-refractivity contribution in [1.29, 1.82) is 0 Å². The van der Waals surface area contributed by atoms with Crippen molar-refractivity contribution < 1.29 is 13.2 Å². The van der Waals surface area contributed by atoms with Gasteiger partial charge in [-0.1, -0.05) is 0 Å². The number of primary sulfonamides is 1. The molecule has 1 aliphatic rings. The summed E-state index contributed by atoms with van der Waals surface area (Å²) in [6, 6.07) is 1.53. The van der Waals surface area contributed by atoms with Gasteiger partial charge in [0.05, 0.1) is 0 Å². The molecule has 0 radical (unpaired) electrons. The van der Waals surface area contributed by atoms with Crippen LogP contribution in [-0.4, -0.2) is 24.9 Å². The highest BCUT2D eigenvalue weighted by Crippen LogP contribution is 2.21. The number of carbonyl (C=O) groups excluding carboxylic acids is 1. The molecule has 3 N–H and O–H groups in total. The van der Waals surface area contributed by atoms with E-state index < -0.39 is 10.0 Å².